The number of hydrogen-bond acceptors (Lipinski definition) is 5. The molecule has 168 valence electrons. The molecule has 0 saturated heterocycles. The van der Waals surface area contributed by atoms with Crippen LogP contribution in [0.2, 0.25) is 0 Å². The van der Waals surface area contributed by atoms with Crippen LogP contribution in [0.25, 0.3) is 6.08 Å². The number of esters is 1. The number of carbonyl (C=O) groups excluding carboxylic acids is 1. The van der Waals surface area contributed by atoms with Gasteiger partial charge in [-0.25, -0.2) is 4.79 Å². The third kappa shape index (κ3) is 4.73. The van der Waals surface area contributed by atoms with Crippen molar-refractivity contribution in [2.75, 3.05) is 6.61 Å². The Balaban J connectivity index is 2.15. The Bertz CT molecular complexity index is 1160. The number of dihydropyridines is 1. The number of nitrogens with zero attached hydrogens (tertiary/aromatic N) is 1. The summed E-state index contributed by atoms with van der Waals surface area (Å²) in [7, 11) is 0. The van der Waals surface area contributed by atoms with E-state index >= 15 is 0 Å². The second kappa shape index (κ2) is 10.5. The van der Waals surface area contributed by atoms with Gasteiger partial charge in [0, 0.05) is 11.4 Å². The number of rotatable bonds is 8. The maximum absolute atomic E-state index is 13.2. The van der Waals surface area contributed by atoms with E-state index in [4.69, 9.17) is 10.00 Å². The van der Waals surface area contributed by atoms with Crippen LogP contribution in [0.1, 0.15) is 37.8 Å². The number of nitrogens with one attached hydrogen (secondary N) is 1. The van der Waals surface area contributed by atoms with Crippen molar-refractivity contribution >= 4 is 18.0 Å². The van der Waals surface area contributed by atoms with Gasteiger partial charge in [0.1, 0.15) is 12.0 Å². The Kier molecular flexibility index (Phi) is 7.47. The Morgan fingerprint density at radius 3 is 2.30 bits per heavy atom. The Morgan fingerprint density at radius 1 is 1.06 bits per heavy atom. The van der Waals surface area contributed by atoms with E-state index in [1.807, 2.05) is 55.5 Å². The molecule has 6 nitrogen and oxygen atoms in total. The summed E-state index contributed by atoms with van der Waals surface area (Å²) in [6, 6.07) is 20.4. The summed E-state index contributed by atoms with van der Waals surface area (Å²) in [5.74, 6) is -1.91. The minimum atomic E-state index is -1.73. The molecule has 2 aromatic rings. The van der Waals surface area contributed by atoms with Crippen molar-refractivity contribution in [2.45, 2.75) is 32.1 Å². The average molecular weight is 443 g/mol. The fraction of sp³-hybridized carbons (Fsp3) is 0.222. The van der Waals surface area contributed by atoms with Crippen LogP contribution in [-0.4, -0.2) is 23.7 Å². The first-order valence-corrected chi connectivity index (χ1v) is 10.7. The van der Waals surface area contributed by atoms with Gasteiger partial charge in [0.25, 0.3) is 0 Å². The van der Waals surface area contributed by atoms with Gasteiger partial charge in [-0.2, -0.15) is 5.26 Å². The summed E-state index contributed by atoms with van der Waals surface area (Å²) >= 11 is 0. The zero-order chi connectivity index (χ0) is 23.8. The molecule has 3 rings (SSSR count). The van der Waals surface area contributed by atoms with E-state index in [-0.39, 0.29) is 18.6 Å². The molecular weight excluding hydrogens is 416 g/mol. The molecule has 1 heterocycles. The molecule has 0 radical (unpaired) electrons. The summed E-state index contributed by atoms with van der Waals surface area (Å²) in [5, 5.41) is 22.7. The number of carboxylic acid groups (broad SMARTS) is 1. The first kappa shape index (κ1) is 23.6. The summed E-state index contributed by atoms with van der Waals surface area (Å²) in [6.07, 6.45) is 4.15. The van der Waals surface area contributed by atoms with E-state index in [9.17, 15) is 14.7 Å². The second-order valence-electron chi connectivity index (χ2n) is 7.71. The van der Waals surface area contributed by atoms with Gasteiger partial charge in [-0.15, -0.1) is 0 Å². The predicted molar refractivity (Wildman–Crippen MR) is 126 cm³/mol. The first-order chi connectivity index (χ1) is 15.9. The molecule has 1 aliphatic rings. The van der Waals surface area contributed by atoms with E-state index < -0.39 is 17.4 Å². The Hall–Kier alpha value is -4.11. The number of benzene rings is 2. The van der Waals surface area contributed by atoms with E-state index in [2.05, 4.69) is 5.32 Å². The zero-order valence-electron chi connectivity index (χ0n) is 18.7. The lowest BCUT2D eigenvalue weighted by Crippen LogP contribution is -2.48. The van der Waals surface area contributed by atoms with Crippen LogP contribution >= 0.6 is 0 Å². The summed E-state index contributed by atoms with van der Waals surface area (Å²) in [5.41, 5.74) is 1.38. The topological polar surface area (TPSA) is 99.4 Å². The molecule has 0 amide bonds. The number of carboxylic acids is 1. The van der Waals surface area contributed by atoms with E-state index in [1.165, 1.54) is 0 Å². The third-order valence-corrected chi connectivity index (χ3v) is 5.64. The lowest BCUT2D eigenvalue weighted by molar-refractivity contribution is -0.146. The third-order valence-electron chi connectivity index (χ3n) is 5.64. The molecule has 0 fully saturated rings. The Labute approximate surface area is 193 Å². The van der Waals surface area contributed by atoms with Crippen LogP contribution in [0.4, 0.5) is 0 Å². The predicted octanol–water partition coefficient (Wildman–Crippen LogP) is 4.72. The molecule has 1 atom stereocenters. The van der Waals surface area contributed by atoms with E-state index in [0.717, 1.165) is 5.56 Å². The SMILES string of the molecule is CC1=C(CC=Cc2ccccc2)C(C(=O)O)(c2ccccc2)C(C(=O)OCCC#N)=C(C)N1. The number of carbonyl (C=O) groups is 2. The highest BCUT2D eigenvalue weighted by Crippen LogP contribution is 2.46. The van der Waals surface area contributed by atoms with Crippen molar-refractivity contribution < 1.29 is 19.4 Å². The minimum absolute atomic E-state index is 0.0212. The van der Waals surface area contributed by atoms with Gasteiger partial charge in [-0.1, -0.05) is 72.8 Å². The lowest BCUT2D eigenvalue weighted by Gasteiger charge is -2.39. The Morgan fingerprint density at radius 2 is 1.70 bits per heavy atom. The van der Waals surface area contributed by atoms with Gasteiger partial charge < -0.3 is 15.2 Å². The molecular formula is C27H26N2O4. The van der Waals surface area contributed by atoms with Crippen LogP contribution in [0.15, 0.2) is 89.3 Å². The van der Waals surface area contributed by atoms with Gasteiger partial charge in [0.2, 0.25) is 0 Å². The van der Waals surface area contributed by atoms with Crippen LogP contribution < -0.4 is 5.32 Å². The monoisotopic (exact) mass is 442 g/mol. The summed E-state index contributed by atoms with van der Waals surface area (Å²) in [6.45, 7) is 3.37. The fourth-order valence-electron chi connectivity index (χ4n) is 4.25. The number of nitriles is 1. The summed E-state index contributed by atoms with van der Waals surface area (Å²) < 4.78 is 5.31. The average Bonchev–Trinajstić information content (AvgIpc) is 2.81. The van der Waals surface area contributed by atoms with E-state index in [0.29, 0.717) is 29.0 Å². The van der Waals surface area contributed by atoms with Gasteiger partial charge in [-0.05, 0) is 37.0 Å². The zero-order valence-corrected chi connectivity index (χ0v) is 18.7. The molecule has 6 heteroatoms. The second-order valence-corrected chi connectivity index (χ2v) is 7.71. The molecule has 0 spiro atoms. The van der Waals surface area contributed by atoms with Gasteiger partial charge in [0.05, 0.1) is 18.1 Å². The highest BCUT2D eigenvalue weighted by molar-refractivity contribution is 6.05. The van der Waals surface area contributed by atoms with Crippen molar-refractivity contribution in [3.05, 3.63) is 100 Å². The maximum atomic E-state index is 13.2. The number of aliphatic carboxylic acids is 1. The number of allylic oxidation sites excluding steroid dienone is 3. The molecule has 1 aliphatic heterocycles. The quantitative estimate of drug-likeness (QED) is 0.453. The van der Waals surface area contributed by atoms with Crippen molar-refractivity contribution in [1.82, 2.24) is 5.32 Å². The van der Waals surface area contributed by atoms with Crippen LogP contribution in [0, 0.1) is 11.3 Å². The highest BCUT2D eigenvalue weighted by atomic mass is 16.5. The minimum Gasteiger partial charge on any atom is -0.480 e. The van der Waals surface area contributed by atoms with Crippen molar-refractivity contribution in [1.29, 1.82) is 5.26 Å². The van der Waals surface area contributed by atoms with Gasteiger partial charge >= 0.3 is 11.9 Å². The lowest BCUT2D eigenvalue weighted by atomic mass is 9.65. The highest BCUT2D eigenvalue weighted by Gasteiger charge is 2.53. The smallest absolute Gasteiger partial charge is 0.337 e. The number of ether oxygens (including phenoxy) is 1. The van der Waals surface area contributed by atoms with Crippen molar-refractivity contribution in [3.8, 4) is 6.07 Å². The molecule has 0 saturated carbocycles. The van der Waals surface area contributed by atoms with E-state index in [1.54, 1.807) is 37.3 Å². The van der Waals surface area contributed by atoms with Gasteiger partial charge in [-0.3, -0.25) is 4.79 Å². The molecule has 2 N–H and O–H groups in total. The van der Waals surface area contributed by atoms with Crippen LogP contribution in [0.5, 0.6) is 0 Å². The molecule has 0 aliphatic carbocycles. The first-order valence-electron chi connectivity index (χ1n) is 10.7. The summed E-state index contributed by atoms with van der Waals surface area (Å²) in [4.78, 5) is 26.3. The van der Waals surface area contributed by atoms with Crippen LogP contribution in [-0.2, 0) is 19.7 Å². The van der Waals surface area contributed by atoms with Crippen molar-refractivity contribution in [2.24, 2.45) is 0 Å². The molecule has 33 heavy (non-hydrogen) atoms. The molecule has 0 bridgehead atoms. The van der Waals surface area contributed by atoms with Gasteiger partial charge in [0.15, 0.2) is 0 Å². The molecule has 2 aromatic carbocycles. The molecule has 0 aromatic heterocycles. The normalized spacial score (nSPS) is 18.1. The largest absolute Gasteiger partial charge is 0.480 e. The van der Waals surface area contributed by atoms with Crippen molar-refractivity contribution in [3.63, 3.8) is 0 Å². The molecule has 1 unspecified atom stereocenters. The fourth-order valence-corrected chi connectivity index (χ4v) is 4.25. The standard InChI is InChI=1S/C27H26N2O4/c1-19-23(16-9-13-21-11-5-3-6-12-21)27(26(31)32,22-14-7-4-8-15-22)24(20(2)29-19)25(30)33-18-10-17-28/h3-9,11-15,29H,10,16,18H2,1-2H3,(H,31,32). The maximum Gasteiger partial charge on any atom is 0.337 e. The number of hydrogen-bond donors (Lipinski definition) is 2. The van der Waals surface area contributed by atoms with Crippen LogP contribution in [0.3, 0.4) is 0 Å².